The number of piperazine rings is 1. The first kappa shape index (κ1) is 16.5. The lowest BCUT2D eigenvalue weighted by atomic mass is 9.84. The quantitative estimate of drug-likeness (QED) is 0.909. The Morgan fingerprint density at radius 1 is 1.22 bits per heavy atom. The number of rotatable bonds is 4. The van der Waals surface area contributed by atoms with Gasteiger partial charge < -0.3 is 15.2 Å². The Balaban J connectivity index is 1.57. The summed E-state index contributed by atoms with van der Waals surface area (Å²) >= 11 is 0. The lowest BCUT2D eigenvalue weighted by Gasteiger charge is -2.39. The topological polar surface area (TPSA) is 75.6 Å². The summed E-state index contributed by atoms with van der Waals surface area (Å²) in [5, 5.41) is 4.02. The van der Waals surface area contributed by atoms with Crippen LogP contribution in [0.25, 0.3) is 0 Å². The van der Waals surface area contributed by atoms with Crippen LogP contribution in [0.4, 0.5) is 0 Å². The number of nitrogens with zero attached hydrogens (tertiary/aromatic N) is 3. The maximum atomic E-state index is 12.9. The summed E-state index contributed by atoms with van der Waals surface area (Å²) in [4.78, 5) is 17.3. The Hall–Kier alpha value is -1.40. The van der Waals surface area contributed by atoms with Gasteiger partial charge in [-0.05, 0) is 26.7 Å². The Morgan fingerprint density at radius 2 is 1.87 bits per heavy atom. The van der Waals surface area contributed by atoms with Crippen molar-refractivity contribution >= 4 is 5.91 Å². The number of carbonyl (C=O) groups is 1. The Morgan fingerprint density at radius 3 is 2.39 bits per heavy atom. The third-order valence-electron chi connectivity index (χ3n) is 5.63. The van der Waals surface area contributed by atoms with E-state index in [1.807, 2.05) is 18.7 Å². The van der Waals surface area contributed by atoms with Crippen molar-refractivity contribution in [2.24, 2.45) is 11.1 Å². The van der Waals surface area contributed by atoms with E-state index < -0.39 is 0 Å². The zero-order valence-corrected chi connectivity index (χ0v) is 14.3. The molecule has 23 heavy (non-hydrogen) atoms. The van der Waals surface area contributed by atoms with Crippen molar-refractivity contribution in [2.75, 3.05) is 32.7 Å². The standard InChI is InChI=1S/C17H28N4O2/c1-13-15(14(2)23-19-13)11-20-7-9-21(10-8-20)16(22)17(12-18)5-3-4-6-17/h3-12,18H2,1-2H3. The van der Waals surface area contributed by atoms with Crippen LogP contribution in [0, 0.1) is 19.3 Å². The van der Waals surface area contributed by atoms with Crippen LogP contribution in [0.15, 0.2) is 4.52 Å². The summed E-state index contributed by atoms with van der Waals surface area (Å²) < 4.78 is 5.24. The first-order valence-electron chi connectivity index (χ1n) is 8.69. The molecule has 2 heterocycles. The molecule has 2 fully saturated rings. The number of nitrogens with two attached hydrogens (primary N) is 1. The van der Waals surface area contributed by atoms with Crippen molar-refractivity contribution in [3.8, 4) is 0 Å². The molecule has 0 bridgehead atoms. The summed E-state index contributed by atoms with van der Waals surface area (Å²) in [6, 6.07) is 0. The normalized spacial score (nSPS) is 21.8. The van der Waals surface area contributed by atoms with Crippen LogP contribution in [-0.4, -0.2) is 53.6 Å². The summed E-state index contributed by atoms with van der Waals surface area (Å²) in [5.41, 5.74) is 7.82. The van der Waals surface area contributed by atoms with Gasteiger partial charge in [-0.25, -0.2) is 0 Å². The molecule has 1 aromatic rings. The van der Waals surface area contributed by atoms with Crippen LogP contribution >= 0.6 is 0 Å². The van der Waals surface area contributed by atoms with Gasteiger partial charge in [0.25, 0.3) is 0 Å². The monoisotopic (exact) mass is 320 g/mol. The molecule has 128 valence electrons. The third kappa shape index (κ3) is 3.15. The average Bonchev–Trinajstić information content (AvgIpc) is 3.18. The number of carbonyl (C=O) groups excluding carboxylic acids is 1. The average molecular weight is 320 g/mol. The second kappa shape index (κ2) is 6.61. The fourth-order valence-electron chi connectivity index (χ4n) is 3.95. The fourth-order valence-corrected chi connectivity index (χ4v) is 3.95. The van der Waals surface area contributed by atoms with Crippen molar-refractivity contribution in [1.29, 1.82) is 0 Å². The van der Waals surface area contributed by atoms with Crippen LogP contribution in [0.1, 0.15) is 42.7 Å². The first-order valence-corrected chi connectivity index (χ1v) is 8.69. The highest BCUT2D eigenvalue weighted by atomic mass is 16.5. The molecule has 1 saturated heterocycles. The van der Waals surface area contributed by atoms with E-state index in [9.17, 15) is 4.79 Å². The van der Waals surface area contributed by atoms with Crippen LogP contribution in [0.2, 0.25) is 0 Å². The van der Waals surface area contributed by atoms with E-state index in [4.69, 9.17) is 10.3 Å². The van der Waals surface area contributed by atoms with E-state index in [0.717, 1.165) is 69.9 Å². The number of hydrogen-bond donors (Lipinski definition) is 1. The molecule has 1 amide bonds. The first-order chi connectivity index (χ1) is 11.1. The second-order valence-corrected chi connectivity index (χ2v) is 7.06. The van der Waals surface area contributed by atoms with E-state index in [-0.39, 0.29) is 11.3 Å². The molecule has 3 rings (SSSR count). The smallest absolute Gasteiger partial charge is 0.230 e. The lowest BCUT2D eigenvalue weighted by molar-refractivity contribution is -0.143. The number of hydrogen-bond acceptors (Lipinski definition) is 5. The second-order valence-electron chi connectivity index (χ2n) is 7.06. The zero-order valence-electron chi connectivity index (χ0n) is 14.3. The molecule has 1 aromatic heterocycles. The van der Waals surface area contributed by atoms with Gasteiger partial charge in [0.1, 0.15) is 5.76 Å². The SMILES string of the molecule is Cc1noc(C)c1CN1CCN(C(=O)C2(CN)CCCC2)CC1. The van der Waals surface area contributed by atoms with E-state index in [1.54, 1.807) is 0 Å². The van der Waals surface area contributed by atoms with Gasteiger partial charge in [-0.1, -0.05) is 18.0 Å². The van der Waals surface area contributed by atoms with E-state index >= 15 is 0 Å². The predicted octanol–water partition coefficient (Wildman–Crippen LogP) is 1.45. The summed E-state index contributed by atoms with van der Waals surface area (Å²) in [5.74, 6) is 1.18. The van der Waals surface area contributed by atoms with Crippen molar-refractivity contribution in [3.05, 3.63) is 17.0 Å². The van der Waals surface area contributed by atoms with Crippen molar-refractivity contribution in [2.45, 2.75) is 46.1 Å². The fraction of sp³-hybridized carbons (Fsp3) is 0.765. The van der Waals surface area contributed by atoms with Gasteiger partial charge in [0.05, 0.1) is 11.1 Å². The third-order valence-corrected chi connectivity index (χ3v) is 5.63. The maximum Gasteiger partial charge on any atom is 0.230 e. The highest BCUT2D eigenvalue weighted by Gasteiger charge is 2.42. The zero-order chi connectivity index (χ0) is 16.4. The Bertz CT molecular complexity index is 535. The molecule has 1 aliphatic heterocycles. The van der Waals surface area contributed by atoms with Crippen molar-refractivity contribution in [1.82, 2.24) is 15.0 Å². The van der Waals surface area contributed by atoms with Gasteiger partial charge in [0.15, 0.2) is 0 Å². The summed E-state index contributed by atoms with van der Waals surface area (Å²) in [6.45, 7) is 8.67. The molecule has 6 heteroatoms. The summed E-state index contributed by atoms with van der Waals surface area (Å²) in [6.07, 6.45) is 4.19. The molecule has 0 radical (unpaired) electrons. The number of aromatic nitrogens is 1. The number of amides is 1. The van der Waals surface area contributed by atoms with Crippen molar-refractivity contribution in [3.63, 3.8) is 0 Å². The molecule has 0 spiro atoms. The maximum absolute atomic E-state index is 12.9. The van der Waals surface area contributed by atoms with E-state index in [1.165, 1.54) is 5.56 Å². The molecule has 6 nitrogen and oxygen atoms in total. The van der Waals surface area contributed by atoms with Gasteiger partial charge in [-0.15, -0.1) is 0 Å². The molecule has 1 aliphatic carbocycles. The molecule has 0 unspecified atom stereocenters. The Labute approximate surface area is 138 Å². The van der Waals surface area contributed by atoms with Gasteiger partial charge in [0.2, 0.25) is 5.91 Å². The Kier molecular flexibility index (Phi) is 4.73. The van der Waals surface area contributed by atoms with Crippen LogP contribution in [0.3, 0.4) is 0 Å². The van der Waals surface area contributed by atoms with Crippen LogP contribution in [0.5, 0.6) is 0 Å². The molecular formula is C17H28N4O2. The lowest BCUT2D eigenvalue weighted by Crippen LogP contribution is -2.54. The predicted molar refractivity (Wildman–Crippen MR) is 87.8 cm³/mol. The van der Waals surface area contributed by atoms with E-state index in [0.29, 0.717) is 6.54 Å². The minimum absolute atomic E-state index is 0.274. The largest absolute Gasteiger partial charge is 0.361 e. The van der Waals surface area contributed by atoms with E-state index in [2.05, 4.69) is 10.1 Å². The highest BCUT2D eigenvalue weighted by Crippen LogP contribution is 2.39. The van der Waals surface area contributed by atoms with Gasteiger partial charge >= 0.3 is 0 Å². The van der Waals surface area contributed by atoms with Crippen molar-refractivity contribution < 1.29 is 9.32 Å². The van der Waals surface area contributed by atoms with Gasteiger partial charge in [-0.2, -0.15) is 0 Å². The van der Waals surface area contributed by atoms with Crippen LogP contribution in [-0.2, 0) is 11.3 Å². The summed E-state index contributed by atoms with van der Waals surface area (Å²) in [7, 11) is 0. The van der Waals surface area contributed by atoms with Gasteiger partial charge in [0, 0.05) is 44.8 Å². The number of aryl methyl sites for hydroxylation is 2. The van der Waals surface area contributed by atoms with Gasteiger partial charge in [-0.3, -0.25) is 9.69 Å². The minimum Gasteiger partial charge on any atom is -0.361 e. The highest BCUT2D eigenvalue weighted by molar-refractivity contribution is 5.83. The molecule has 0 atom stereocenters. The molecular weight excluding hydrogens is 292 g/mol. The minimum atomic E-state index is -0.274. The van der Waals surface area contributed by atoms with Crippen LogP contribution < -0.4 is 5.73 Å². The molecule has 1 saturated carbocycles. The molecule has 2 aliphatic rings. The molecule has 2 N–H and O–H groups in total. The molecule has 0 aromatic carbocycles.